The van der Waals surface area contributed by atoms with E-state index in [2.05, 4.69) is 0 Å². The molecule has 0 bridgehead atoms. The van der Waals surface area contributed by atoms with E-state index in [1.807, 2.05) is 0 Å². The van der Waals surface area contributed by atoms with Crippen molar-refractivity contribution < 1.29 is 12.9 Å². The Kier molecular flexibility index (Phi) is 1.25. The molecular formula is C4H7BF3-. The summed E-state index contributed by atoms with van der Waals surface area (Å²) in [5, 5.41) is 0. The van der Waals surface area contributed by atoms with E-state index in [4.69, 9.17) is 0 Å². The molecule has 0 nitrogen and oxygen atoms in total. The SMILES string of the molecule is F[B-](F)(F)CC1CC1. The summed E-state index contributed by atoms with van der Waals surface area (Å²) >= 11 is 0. The first kappa shape index (κ1) is 5.98. The predicted molar refractivity (Wildman–Crippen MR) is 26.6 cm³/mol. The van der Waals surface area contributed by atoms with Gasteiger partial charge in [0, 0.05) is 0 Å². The van der Waals surface area contributed by atoms with Crippen LogP contribution in [0.1, 0.15) is 12.8 Å². The number of halogens is 3. The van der Waals surface area contributed by atoms with Gasteiger partial charge in [0.2, 0.25) is 0 Å². The van der Waals surface area contributed by atoms with Crippen LogP contribution in [-0.4, -0.2) is 6.98 Å². The van der Waals surface area contributed by atoms with Crippen molar-refractivity contribution in [2.24, 2.45) is 5.92 Å². The van der Waals surface area contributed by atoms with Gasteiger partial charge in [0.1, 0.15) is 0 Å². The van der Waals surface area contributed by atoms with Crippen molar-refractivity contribution in [3.8, 4) is 0 Å². The van der Waals surface area contributed by atoms with Crippen LogP contribution < -0.4 is 0 Å². The lowest BCUT2D eigenvalue weighted by Crippen LogP contribution is -2.14. The first-order valence-electron chi connectivity index (χ1n) is 2.79. The fourth-order valence-electron chi connectivity index (χ4n) is 0.732. The second kappa shape index (κ2) is 1.67. The van der Waals surface area contributed by atoms with Gasteiger partial charge >= 0.3 is 6.98 Å². The predicted octanol–water partition coefficient (Wildman–Crippen LogP) is 2.24. The fraction of sp³-hybridized carbons (Fsp3) is 1.00. The van der Waals surface area contributed by atoms with Crippen LogP contribution in [0.3, 0.4) is 0 Å². The molecule has 0 unspecified atom stereocenters. The Balaban J connectivity index is 2.16. The summed E-state index contributed by atoms with van der Waals surface area (Å²) in [7, 11) is 0. The summed E-state index contributed by atoms with van der Waals surface area (Å²) in [4.78, 5) is 0. The zero-order valence-corrected chi connectivity index (χ0v) is 4.41. The van der Waals surface area contributed by atoms with Gasteiger partial charge in [-0.2, -0.15) is 0 Å². The quantitative estimate of drug-likeness (QED) is 0.494. The molecule has 1 saturated carbocycles. The van der Waals surface area contributed by atoms with E-state index >= 15 is 0 Å². The molecule has 0 saturated heterocycles. The molecule has 0 atom stereocenters. The van der Waals surface area contributed by atoms with Gasteiger partial charge in [0.15, 0.2) is 0 Å². The molecule has 1 aliphatic rings. The maximum atomic E-state index is 11.4. The molecule has 1 aliphatic carbocycles. The van der Waals surface area contributed by atoms with Gasteiger partial charge in [-0.1, -0.05) is 25.1 Å². The molecule has 0 aromatic heterocycles. The Bertz CT molecular complexity index is 83.8. The lowest BCUT2D eigenvalue weighted by atomic mass is 9.83. The van der Waals surface area contributed by atoms with Crippen molar-refractivity contribution in [2.45, 2.75) is 19.2 Å². The molecular weight excluding hydrogens is 116 g/mol. The average molecular weight is 123 g/mol. The van der Waals surface area contributed by atoms with Crippen LogP contribution in [0.25, 0.3) is 0 Å². The van der Waals surface area contributed by atoms with E-state index in [9.17, 15) is 12.9 Å². The van der Waals surface area contributed by atoms with E-state index < -0.39 is 13.3 Å². The second-order valence-electron chi connectivity index (χ2n) is 2.39. The standard InChI is InChI=1S/C4H7BF3/c6-5(7,8)3-4-1-2-4/h4H,1-3H2/q-1. The normalized spacial score (nSPS) is 21.4. The molecule has 1 rings (SSSR count). The highest BCUT2D eigenvalue weighted by Gasteiger charge is 2.32. The topological polar surface area (TPSA) is 0 Å². The van der Waals surface area contributed by atoms with Gasteiger partial charge in [-0.25, -0.2) is 0 Å². The Morgan fingerprint density at radius 1 is 1.25 bits per heavy atom. The first-order chi connectivity index (χ1) is 3.58. The van der Waals surface area contributed by atoms with Crippen LogP contribution in [0.4, 0.5) is 12.9 Å². The van der Waals surface area contributed by atoms with E-state index in [0.717, 1.165) is 12.8 Å². The van der Waals surface area contributed by atoms with Gasteiger partial charge in [-0.05, 0) is 0 Å². The van der Waals surface area contributed by atoms with Crippen LogP contribution in [0.5, 0.6) is 0 Å². The molecule has 1 fully saturated rings. The molecule has 0 heterocycles. The first-order valence-corrected chi connectivity index (χ1v) is 2.79. The number of hydrogen-bond donors (Lipinski definition) is 0. The molecule has 0 N–H and O–H groups in total. The highest BCUT2D eigenvalue weighted by Crippen LogP contribution is 2.38. The van der Waals surface area contributed by atoms with Crippen LogP contribution in [-0.2, 0) is 0 Å². The highest BCUT2D eigenvalue weighted by atomic mass is 19.4. The van der Waals surface area contributed by atoms with Crippen molar-refractivity contribution in [3.05, 3.63) is 0 Å². The molecule has 0 spiro atoms. The van der Waals surface area contributed by atoms with Crippen LogP contribution in [0.2, 0.25) is 6.32 Å². The minimum atomic E-state index is -4.47. The van der Waals surface area contributed by atoms with Crippen LogP contribution >= 0.6 is 0 Å². The van der Waals surface area contributed by atoms with Gasteiger partial charge in [0.05, 0.1) is 0 Å². The van der Waals surface area contributed by atoms with Crippen LogP contribution in [0, 0.1) is 5.92 Å². The van der Waals surface area contributed by atoms with Crippen molar-refractivity contribution >= 4 is 6.98 Å². The lowest BCUT2D eigenvalue weighted by Gasteiger charge is -2.10. The van der Waals surface area contributed by atoms with Crippen molar-refractivity contribution in [1.82, 2.24) is 0 Å². The summed E-state index contributed by atoms with van der Waals surface area (Å²) in [5.74, 6) is -0.00463. The molecule has 0 aromatic carbocycles. The Hall–Kier alpha value is -0.145. The second-order valence-corrected chi connectivity index (χ2v) is 2.39. The minimum absolute atomic E-state index is 0.00463. The summed E-state index contributed by atoms with van der Waals surface area (Å²) in [6, 6.07) is 0. The van der Waals surface area contributed by atoms with Crippen molar-refractivity contribution in [3.63, 3.8) is 0 Å². The lowest BCUT2D eigenvalue weighted by molar-refractivity contribution is 0.461. The molecule has 8 heavy (non-hydrogen) atoms. The van der Waals surface area contributed by atoms with Crippen molar-refractivity contribution in [2.75, 3.05) is 0 Å². The third-order valence-electron chi connectivity index (χ3n) is 1.30. The third-order valence-corrected chi connectivity index (χ3v) is 1.30. The third kappa shape index (κ3) is 2.24. The van der Waals surface area contributed by atoms with E-state index in [1.165, 1.54) is 0 Å². The Labute approximate surface area is 46.1 Å². The largest absolute Gasteiger partial charge is 0.478 e. The zero-order chi connectivity index (χ0) is 6.20. The zero-order valence-electron chi connectivity index (χ0n) is 4.41. The summed E-state index contributed by atoms with van der Waals surface area (Å²) < 4.78 is 34.2. The molecule has 0 amide bonds. The molecule has 0 aromatic rings. The maximum absolute atomic E-state index is 11.4. The smallest absolute Gasteiger partial charge is 0.449 e. The van der Waals surface area contributed by atoms with Gasteiger partial charge < -0.3 is 12.9 Å². The van der Waals surface area contributed by atoms with E-state index in [0.29, 0.717) is 0 Å². The fourth-order valence-corrected chi connectivity index (χ4v) is 0.732. The molecule has 48 valence electrons. The number of rotatable bonds is 2. The van der Waals surface area contributed by atoms with Gasteiger partial charge in [0.25, 0.3) is 0 Å². The Morgan fingerprint density at radius 2 is 1.75 bits per heavy atom. The molecule has 4 heteroatoms. The summed E-state index contributed by atoms with van der Waals surface area (Å²) in [5.41, 5.74) is 0. The summed E-state index contributed by atoms with van der Waals surface area (Å²) in [6.45, 7) is -4.47. The number of hydrogen-bond acceptors (Lipinski definition) is 0. The molecule has 0 aliphatic heterocycles. The minimum Gasteiger partial charge on any atom is -0.449 e. The average Bonchev–Trinajstić information content (AvgIpc) is 2.12. The van der Waals surface area contributed by atoms with E-state index in [-0.39, 0.29) is 5.92 Å². The van der Waals surface area contributed by atoms with Gasteiger partial charge in [-0.3, -0.25) is 0 Å². The molecule has 0 radical (unpaired) electrons. The maximum Gasteiger partial charge on any atom is 0.478 e. The highest BCUT2D eigenvalue weighted by molar-refractivity contribution is 6.58. The van der Waals surface area contributed by atoms with Crippen LogP contribution in [0.15, 0.2) is 0 Å². The van der Waals surface area contributed by atoms with Gasteiger partial charge in [-0.15, -0.1) is 0 Å². The van der Waals surface area contributed by atoms with Crippen molar-refractivity contribution in [1.29, 1.82) is 0 Å². The Morgan fingerprint density at radius 3 is 1.88 bits per heavy atom. The summed E-state index contributed by atoms with van der Waals surface area (Å²) in [6.07, 6.45) is 1.09. The monoisotopic (exact) mass is 123 g/mol. The van der Waals surface area contributed by atoms with E-state index in [1.54, 1.807) is 0 Å².